The predicted octanol–water partition coefficient (Wildman–Crippen LogP) is 3.75. The molecule has 0 heterocycles. The Hall–Kier alpha value is -1.43. The summed E-state index contributed by atoms with van der Waals surface area (Å²) in [6, 6.07) is 4.28. The van der Waals surface area contributed by atoms with E-state index in [0.717, 1.165) is 0 Å². The van der Waals surface area contributed by atoms with E-state index in [-0.39, 0.29) is 12.3 Å². The Labute approximate surface area is 132 Å². The lowest BCUT2D eigenvalue weighted by atomic mass is 9.80. The molecular weight excluding hydrogens is 341 g/mol. The summed E-state index contributed by atoms with van der Waals surface area (Å²) in [5.41, 5.74) is -0.607. The summed E-state index contributed by atoms with van der Waals surface area (Å²) in [6.45, 7) is 7.12. The molecule has 1 aromatic carbocycles. The topological polar surface area (TPSA) is 55.4 Å². The monoisotopic (exact) mass is 359 g/mol. The van der Waals surface area contributed by atoms with Gasteiger partial charge < -0.3 is 10.1 Å². The third-order valence-electron chi connectivity index (χ3n) is 2.84. The highest BCUT2D eigenvalue weighted by Gasteiger charge is 2.39. The van der Waals surface area contributed by atoms with Crippen LogP contribution >= 0.6 is 15.9 Å². The van der Waals surface area contributed by atoms with Gasteiger partial charge in [-0.1, -0.05) is 36.7 Å². The van der Waals surface area contributed by atoms with Gasteiger partial charge >= 0.3 is 5.97 Å². The molecule has 0 saturated carbocycles. The molecule has 0 aliphatic rings. The Morgan fingerprint density at radius 2 is 2.00 bits per heavy atom. The summed E-state index contributed by atoms with van der Waals surface area (Å²) in [5.74, 6) is -2.78. The summed E-state index contributed by atoms with van der Waals surface area (Å²) in [6.07, 6.45) is 0. The highest BCUT2D eigenvalue weighted by Crippen LogP contribution is 2.29. The van der Waals surface area contributed by atoms with Crippen molar-refractivity contribution in [2.24, 2.45) is 11.3 Å². The molecule has 0 radical (unpaired) electrons. The van der Waals surface area contributed by atoms with Crippen molar-refractivity contribution in [3.8, 4) is 0 Å². The fraction of sp³-hybridized carbons (Fsp3) is 0.467. The number of anilines is 1. The van der Waals surface area contributed by atoms with Gasteiger partial charge in [0.15, 0.2) is 0 Å². The number of carbonyl (C=O) groups excluding carboxylic acids is 2. The molecule has 0 aromatic heterocycles. The minimum atomic E-state index is -1.01. The van der Waals surface area contributed by atoms with E-state index in [1.54, 1.807) is 33.8 Å². The van der Waals surface area contributed by atoms with Crippen molar-refractivity contribution in [3.05, 3.63) is 28.5 Å². The first-order valence-corrected chi connectivity index (χ1v) is 7.38. The standard InChI is InChI=1S/C15H19BrFNO3/c1-5-21-14(20)12(15(2,3)4)13(19)18-11-7-6-9(16)8-10(11)17/h6-8,12H,5H2,1-4H3,(H,18,19). The lowest BCUT2D eigenvalue weighted by Gasteiger charge is -2.27. The number of ether oxygens (including phenoxy) is 1. The highest BCUT2D eigenvalue weighted by molar-refractivity contribution is 9.10. The zero-order valence-electron chi connectivity index (χ0n) is 12.5. The van der Waals surface area contributed by atoms with Gasteiger partial charge in [0.2, 0.25) is 5.91 Å². The van der Waals surface area contributed by atoms with E-state index >= 15 is 0 Å². The number of hydrogen-bond donors (Lipinski definition) is 1. The lowest BCUT2D eigenvalue weighted by Crippen LogP contribution is -2.40. The Balaban J connectivity index is 2.99. The summed E-state index contributed by atoms with van der Waals surface area (Å²) in [5, 5.41) is 2.45. The van der Waals surface area contributed by atoms with E-state index in [4.69, 9.17) is 4.74 Å². The van der Waals surface area contributed by atoms with Crippen LogP contribution in [0, 0.1) is 17.2 Å². The summed E-state index contributed by atoms with van der Waals surface area (Å²) < 4.78 is 19.3. The number of nitrogens with one attached hydrogen (secondary N) is 1. The van der Waals surface area contributed by atoms with Gasteiger partial charge in [0.1, 0.15) is 11.7 Å². The zero-order chi connectivity index (χ0) is 16.2. The number of benzene rings is 1. The molecule has 0 saturated heterocycles. The molecule has 116 valence electrons. The van der Waals surface area contributed by atoms with Crippen molar-refractivity contribution in [2.45, 2.75) is 27.7 Å². The molecule has 21 heavy (non-hydrogen) atoms. The predicted molar refractivity (Wildman–Crippen MR) is 82.3 cm³/mol. The molecule has 1 atom stereocenters. The van der Waals surface area contributed by atoms with Crippen molar-refractivity contribution < 1.29 is 18.7 Å². The fourth-order valence-electron chi connectivity index (χ4n) is 1.88. The first kappa shape index (κ1) is 17.6. The number of hydrogen-bond acceptors (Lipinski definition) is 3. The minimum Gasteiger partial charge on any atom is -0.465 e. The van der Waals surface area contributed by atoms with E-state index in [9.17, 15) is 14.0 Å². The van der Waals surface area contributed by atoms with Crippen LogP contribution in [0.25, 0.3) is 0 Å². The molecule has 1 N–H and O–H groups in total. The third kappa shape index (κ3) is 4.81. The average Bonchev–Trinajstić information content (AvgIpc) is 2.31. The number of carbonyl (C=O) groups is 2. The van der Waals surface area contributed by atoms with Gasteiger partial charge in [-0.2, -0.15) is 0 Å². The maximum Gasteiger partial charge on any atom is 0.319 e. The molecule has 6 heteroatoms. The maximum atomic E-state index is 13.8. The SMILES string of the molecule is CCOC(=O)C(C(=O)Nc1ccc(Br)cc1F)C(C)(C)C. The van der Waals surface area contributed by atoms with Crippen LogP contribution in [0.3, 0.4) is 0 Å². The molecule has 1 amide bonds. The molecule has 0 aliphatic heterocycles. The number of amides is 1. The Morgan fingerprint density at radius 1 is 1.38 bits per heavy atom. The number of halogens is 2. The van der Waals surface area contributed by atoms with Crippen LogP contribution in [-0.4, -0.2) is 18.5 Å². The van der Waals surface area contributed by atoms with E-state index in [1.165, 1.54) is 12.1 Å². The Kier molecular flexibility index (Phi) is 5.89. The molecule has 4 nitrogen and oxygen atoms in total. The van der Waals surface area contributed by atoms with Gasteiger partial charge in [0.05, 0.1) is 12.3 Å². The molecule has 0 bridgehead atoms. The van der Waals surface area contributed by atoms with Gasteiger partial charge in [-0.05, 0) is 30.5 Å². The Bertz CT molecular complexity index is 540. The van der Waals surface area contributed by atoms with Crippen molar-refractivity contribution in [1.29, 1.82) is 0 Å². The summed E-state index contributed by atoms with van der Waals surface area (Å²) in [7, 11) is 0. The van der Waals surface area contributed by atoms with Crippen LogP contribution in [0.15, 0.2) is 22.7 Å². The molecule has 1 aromatic rings. The van der Waals surface area contributed by atoms with Crippen LogP contribution in [0.2, 0.25) is 0 Å². The molecule has 0 fully saturated rings. The van der Waals surface area contributed by atoms with E-state index in [1.807, 2.05) is 0 Å². The minimum absolute atomic E-state index is 0.0294. The maximum absolute atomic E-state index is 13.8. The third-order valence-corrected chi connectivity index (χ3v) is 3.33. The van der Waals surface area contributed by atoms with Gasteiger partial charge in [-0.25, -0.2) is 4.39 Å². The highest BCUT2D eigenvalue weighted by atomic mass is 79.9. The van der Waals surface area contributed by atoms with Crippen LogP contribution in [0.1, 0.15) is 27.7 Å². The largest absolute Gasteiger partial charge is 0.465 e. The van der Waals surface area contributed by atoms with Crippen LogP contribution in [-0.2, 0) is 14.3 Å². The van der Waals surface area contributed by atoms with Crippen molar-refractivity contribution in [1.82, 2.24) is 0 Å². The summed E-state index contributed by atoms with van der Waals surface area (Å²) in [4.78, 5) is 24.3. The van der Waals surface area contributed by atoms with Gasteiger partial charge in [0, 0.05) is 4.47 Å². The molecular formula is C15H19BrFNO3. The molecule has 1 rings (SSSR count). The first-order valence-electron chi connectivity index (χ1n) is 6.59. The van der Waals surface area contributed by atoms with Gasteiger partial charge in [-0.15, -0.1) is 0 Å². The second-order valence-electron chi connectivity index (χ2n) is 5.66. The van der Waals surface area contributed by atoms with Crippen molar-refractivity contribution in [3.63, 3.8) is 0 Å². The first-order chi connectivity index (χ1) is 9.66. The Morgan fingerprint density at radius 3 is 2.48 bits per heavy atom. The van der Waals surface area contributed by atoms with E-state index in [2.05, 4.69) is 21.2 Å². The van der Waals surface area contributed by atoms with Crippen LogP contribution in [0.5, 0.6) is 0 Å². The quantitative estimate of drug-likeness (QED) is 0.657. The second-order valence-corrected chi connectivity index (χ2v) is 6.58. The van der Waals surface area contributed by atoms with Crippen molar-refractivity contribution in [2.75, 3.05) is 11.9 Å². The van der Waals surface area contributed by atoms with Crippen molar-refractivity contribution >= 4 is 33.5 Å². The van der Waals surface area contributed by atoms with Crippen LogP contribution in [0.4, 0.5) is 10.1 Å². The smallest absolute Gasteiger partial charge is 0.319 e. The second kappa shape index (κ2) is 7.02. The average molecular weight is 360 g/mol. The van der Waals surface area contributed by atoms with E-state index < -0.39 is 29.0 Å². The van der Waals surface area contributed by atoms with Gasteiger partial charge in [-0.3, -0.25) is 9.59 Å². The molecule has 0 spiro atoms. The van der Waals surface area contributed by atoms with E-state index in [0.29, 0.717) is 4.47 Å². The zero-order valence-corrected chi connectivity index (χ0v) is 14.1. The molecule has 1 unspecified atom stereocenters. The van der Waals surface area contributed by atoms with Crippen LogP contribution < -0.4 is 5.32 Å². The van der Waals surface area contributed by atoms with Gasteiger partial charge in [0.25, 0.3) is 0 Å². The summed E-state index contributed by atoms with van der Waals surface area (Å²) >= 11 is 3.14. The normalized spacial score (nSPS) is 12.7. The molecule has 0 aliphatic carbocycles. The lowest BCUT2D eigenvalue weighted by molar-refractivity contribution is -0.155. The number of rotatable bonds is 4. The number of esters is 1. The fourth-order valence-corrected chi connectivity index (χ4v) is 2.21.